The first kappa shape index (κ1) is 8.25. The summed E-state index contributed by atoms with van der Waals surface area (Å²) in [7, 11) is 0. The molecule has 0 aromatic carbocycles. The fourth-order valence-electron chi connectivity index (χ4n) is 1.10. The molecule has 0 amide bonds. The molecule has 0 aromatic heterocycles. The Morgan fingerprint density at radius 2 is 2.18 bits per heavy atom. The van der Waals surface area contributed by atoms with Crippen molar-refractivity contribution >= 4 is 5.71 Å². The molecule has 60 valence electrons. The van der Waals surface area contributed by atoms with E-state index in [0.717, 1.165) is 17.8 Å². The van der Waals surface area contributed by atoms with E-state index in [9.17, 15) is 0 Å². The van der Waals surface area contributed by atoms with Gasteiger partial charge in [-0.2, -0.15) is 0 Å². The molecule has 1 heteroatoms. The van der Waals surface area contributed by atoms with Crippen molar-refractivity contribution in [3.8, 4) is 0 Å². The van der Waals surface area contributed by atoms with Crippen LogP contribution < -0.4 is 0 Å². The molecule has 0 aliphatic carbocycles. The predicted molar refractivity (Wildman–Crippen MR) is 49.8 cm³/mol. The minimum atomic E-state index is 0.649. The van der Waals surface area contributed by atoms with Crippen LogP contribution in [0.5, 0.6) is 0 Å². The van der Waals surface area contributed by atoms with E-state index >= 15 is 0 Å². The Kier molecular flexibility index (Phi) is 2.64. The number of aliphatic imine (C=N–C) groups is 1. The molecule has 0 aromatic rings. The molecule has 0 bridgehead atoms. The molecule has 1 rings (SSSR count). The smallest absolute Gasteiger partial charge is 0.0372 e. The highest BCUT2D eigenvalue weighted by Crippen LogP contribution is 2.11. The maximum Gasteiger partial charge on any atom is 0.0372 e. The van der Waals surface area contributed by atoms with Crippen LogP contribution in [0.2, 0.25) is 0 Å². The lowest BCUT2D eigenvalue weighted by Crippen LogP contribution is -1.94. The van der Waals surface area contributed by atoms with Crippen molar-refractivity contribution in [2.45, 2.75) is 27.2 Å². The van der Waals surface area contributed by atoms with E-state index in [4.69, 9.17) is 0 Å². The molecule has 1 aliphatic rings. The van der Waals surface area contributed by atoms with E-state index in [1.807, 2.05) is 6.92 Å². The summed E-state index contributed by atoms with van der Waals surface area (Å²) in [5, 5.41) is 0. The maximum atomic E-state index is 4.36. The van der Waals surface area contributed by atoms with Crippen molar-refractivity contribution in [3.05, 3.63) is 23.9 Å². The number of allylic oxidation sites excluding steroid dienone is 4. The largest absolute Gasteiger partial charge is 0.259 e. The quantitative estimate of drug-likeness (QED) is 0.502. The summed E-state index contributed by atoms with van der Waals surface area (Å²) >= 11 is 0. The molecule has 0 radical (unpaired) electrons. The van der Waals surface area contributed by atoms with Gasteiger partial charge in [-0.15, -0.1) is 0 Å². The highest BCUT2D eigenvalue weighted by atomic mass is 14.7. The monoisotopic (exact) mass is 149 g/mol. The summed E-state index contributed by atoms with van der Waals surface area (Å²) < 4.78 is 0. The molecule has 0 saturated carbocycles. The Bertz CT molecular complexity index is 221. The normalized spacial score (nSPS) is 37.5. The van der Waals surface area contributed by atoms with Crippen LogP contribution in [0.3, 0.4) is 0 Å². The second-order valence-corrected chi connectivity index (χ2v) is 3.17. The molecule has 1 aliphatic heterocycles. The SMILES string of the molecule is CC1=C/CC(C)\C=C/C(C)=N/1. The summed E-state index contributed by atoms with van der Waals surface area (Å²) in [5.74, 6) is 0.649. The molecule has 0 N–H and O–H groups in total. The van der Waals surface area contributed by atoms with Gasteiger partial charge < -0.3 is 0 Å². The van der Waals surface area contributed by atoms with E-state index in [1.54, 1.807) is 0 Å². The molecule has 11 heavy (non-hydrogen) atoms. The van der Waals surface area contributed by atoms with Gasteiger partial charge in [-0.25, -0.2) is 0 Å². The Balaban J connectivity index is 2.84. The van der Waals surface area contributed by atoms with Gasteiger partial charge in [0.05, 0.1) is 0 Å². The summed E-state index contributed by atoms with van der Waals surface area (Å²) in [6, 6.07) is 0. The van der Waals surface area contributed by atoms with Gasteiger partial charge in [0.25, 0.3) is 0 Å². The second-order valence-electron chi connectivity index (χ2n) is 3.17. The zero-order valence-corrected chi connectivity index (χ0v) is 7.46. The highest BCUT2D eigenvalue weighted by Gasteiger charge is 1.98. The van der Waals surface area contributed by atoms with Gasteiger partial charge in [0.1, 0.15) is 0 Å². The fourth-order valence-corrected chi connectivity index (χ4v) is 1.10. The van der Waals surface area contributed by atoms with Crippen molar-refractivity contribution in [2.75, 3.05) is 0 Å². The number of hydrogen-bond donors (Lipinski definition) is 0. The minimum absolute atomic E-state index is 0.649. The van der Waals surface area contributed by atoms with Crippen LogP contribution in [-0.4, -0.2) is 5.71 Å². The third kappa shape index (κ3) is 2.71. The third-order valence-electron chi connectivity index (χ3n) is 1.80. The summed E-state index contributed by atoms with van der Waals surface area (Å²) in [5.41, 5.74) is 2.24. The number of nitrogens with zero attached hydrogens (tertiary/aromatic N) is 1. The lowest BCUT2D eigenvalue weighted by Gasteiger charge is -2.05. The molecule has 0 spiro atoms. The molecule has 1 atom stereocenters. The van der Waals surface area contributed by atoms with Gasteiger partial charge in [0.2, 0.25) is 0 Å². The average molecular weight is 149 g/mol. The summed E-state index contributed by atoms with van der Waals surface area (Å²) in [4.78, 5) is 4.36. The van der Waals surface area contributed by atoms with Crippen molar-refractivity contribution in [1.29, 1.82) is 0 Å². The first-order chi connectivity index (χ1) is 5.18. The van der Waals surface area contributed by atoms with Crippen LogP contribution in [0, 0.1) is 5.92 Å². The first-order valence-corrected chi connectivity index (χ1v) is 4.09. The summed E-state index contributed by atoms with van der Waals surface area (Å²) in [6.07, 6.45) is 7.61. The van der Waals surface area contributed by atoms with Crippen LogP contribution >= 0.6 is 0 Å². The van der Waals surface area contributed by atoms with E-state index in [-0.39, 0.29) is 0 Å². The Hall–Kier alpha value is -0.850. The van der Waals surface area contributed by atoms with Crippen LogP contribution in [0.4, 0.5) is 0 Å². The molecular weight excluding hydrogens is 134 g/mol. The number of hydrogen-bond acceptors (Lipinski definition) is 1. The lowest BCUT2D eigenvalue weighted by atomic mass is 10.1. The van der Waals surface area contributed by atoms with Crippen LogP contribution in [-0.2, 0) is 0 Å². The average Bonchev–Trinajstić information content (AvgIpc) is 1.95. The van der Waals surface area contributed by atoms with Crippen molar-refractivity contribution < 1.29 is 0 Å². The van der Waals surface area contributed by atoms with E-state index in [2.05, 4.69) is 37.1 Å². The number of rotatable bonds is 0. The van der Waals surface area contributed by atoms with Gasteiger partial charge in [-0.3, -0.25) is 4.99 Å². The second kappa shape index (κ2) is 3.51. The maximum absolute atomic E-state index is 4.36. The van der Waals surface area contributed by atoms with E-state index in [0.29, 0.717) is 5.92 Å². The molecule has 0 fully saturated rings. The van der Waals surface area contributed by atoms with Gasteiger partial charge in [-0.05, 0) is 32.3 Å². The van der Waals surface area contributed by atoms with E-state index < -0.39 is 0 Å². The summed E-state index contributed by atoms with van der Waals surface area (Å²) in [6.45, 7) is 6.31. The molecule has 0 saturated heterocycles. The topological polar surface area (TPSA) is 12.4 Å². The Morgan fingerprint density at radius 1 is 1.45 bits per heavy atom. The molecule has 1 nitrogen and oxygen atoms in total. The van der Waals surface area contributed by atoms with Crippen molar-refractivity contribution in [2.24, 2.45) is 10.9 Å². The highest BCUT2D eigenvalue weighted by molar-refractivity contribution is 5.93. The Morgan fingerprint density at radius 3 is 2.91 bits per heavy atom. The van der Waals surface area contributed by atoms with Crippen molar-refractivity contribution in [3.63, 3.8) is 0 Å². The predicted octanol–water partition coefficient (Wildman–Crippen LogP) is 2.95. The van der Waals surface area contributed by atoms with Crippen LogP contribution in [0.25, 0.3) is 0 Å². The molecule has 1 unspecified atom stereocenters. The van der Waals surface area contributed by atoms with Gasteiger partial charge in [0, 0.05) is 11.4 Å². The fraction of sp³-hybridized carbons (Fsp3) is 0.500. The minimum Gasteiger partial charge on any atom is -0.259 e. The third-order valence-corrected chi connectivity index (χ3v) is 1.80. The van der Waals surface area contributed by atoms with Gasteiger partial charge >= 0.3 is 0 Å². The van der Waals surface area contributed by atoms with Crippen molar-refractivity contribution in [1.82, 2.24) is 0 Å². The zero-order chi connectivity index (χ0) is 8.27. The first-order valence-electron chi connectivity index (χ1n) is 4.09. The van der Waals surface area contributed by atoms with Gasteiger partial charge in [0.15, 0.2) is 0 Å². The van der Waals surface area contributed by atoms with Gasteiger partial charge in [-0.1, -0.05) is 19.1 Å². The molecular formula is C10H15N. The van der Waals surface area contributed by atoms with E-state index in [1.165, 1.54) is 0 Å². The zero-order valence-electron chi connectivity index (χ0n) is 7.46. The lowest BCUT2D eigenvalue weighted by molar-refractivity contribution is 0.739. The van der Waals surface area contributed by atoms with Crippen LogP contribution in [0.15, 0.2) is 28.9 Å². The molecule has 1 heterocycles. The Labute approximate surface area is 68.5 Å². The standard InChI is InChI=1S/C10H15N/c1-8-4-6-9(2)11-10(3)7-5-8/h4,6-8H,5H2,1-3H3/b6-4-,10-7+,11-9+. The van der Waals surface area contributed by atoms with Crippen LogP contribution in [0.1, 0.15) is 27.2 Å².